The molecule has 5 heteroatoms. The van der Waals surface area contributed by atoms with Crippen LogP contribution in [0.4, 0.5) is 5.69 Å². The number of nitrogens with one attached hydrogen (secondary N) is 2. The maximum absolute atomic E-state index is 12.0. The Morgan fingerprint density at radius 1 is 1.50 bits per heavy atom. The molecular weight excluding hydrogens is 254 g/mol. The van der Waals surface area contributed by atoms with Gasteiger partial charge in [0, 0.05) is 32.1 Å². The van der Waals surface area contributed by atoms with E-state index >= 15 is 0 Å². The zero-order valence-corrected chi connectivity index (χ0v) is 12.0. The Kier molecular flexibility index (Phi) is 5.80. The molecule has 20 heavy (non-hydrogen) atoms. The Morgan fingerprint density at radius 2 is 2.40 bits per heavy atom. The third-order valence-electron chi connectivity index (χ3n) is 3.37. The number of amides is 1. The van der Waals surface area contributed by atoms with Crippen molar-refractivity contribution in [1.29, 1.82) is 0 Å². The van der Waals surface area contributed by atoms with Gasteiger partial charge >= 0.3 is 0 Å². The second-order valence-corrected chi connectivity index (χ2v) is 5.09. The molecule has 1 aliphatic rings. The molecule has 0 saturated carbocycles. The first-order chi connectivity index (χ1) is 9.79. The van der Waals surface area contributed by atoms with Crippen LogP contribution in [0.15, 0.2) is 18.5 Å². The standard InChI is InChI=1S/C15H23N3O2/c1-2-3-6-17-13-8-12(9-16-10-13)15(19)18-11-14-5-4-7-20-14/h8-10,14,17H,2-7,11H2,1H3,(H,18,19). The molecule has 2 N–H and O–H groups in total. The number of anilines is 1. The van der Waals surface area contributed by atoms with Crippen LogP contribution in [-0.4, -0.2) is 36.7 Å². The highest BCUT2D eigenvalue weighted by Gasteiger charge is 2.16. The zero-order valence-electron chi connectivity index (χ0n) is 12.0. The number of hydrogen-bond donors (Lipinski definition) is 2. The predicted molar refractivity (Wildman–Crippen MR) is 78.9 cm³/mol. The first kappa shape index (κ1) is 14.8. The molecule has 110 valence electrons. The van der Waals surface area contributed by atoms with Crippen molar-refractivity contribution in [2.24, 2.45) is 0 Å². The molecule has 1 aromatic rings. The van der Waals surface area contributed by atoms with Gasteiger partial charge in [-0.05, 0) is 25.3 Å². The summed E-state index contributed by atoms with van der Waals surface area (Å²) in [4.78, 5) is 16.2. The summed E-state index contributed by atoms with van der Waals surface area (Å²) in [7, 11) is 0. The van der Waals surface area contributed by atoms with E-state index in [1.807, 2.05) is 6.07 Å². The minimum Gasteiger partial charge on any atom is -0.384 e. The SMILES string of the molecule is CCCCNc1cncc(C(=O)NCC2CCCO2)c1. The van der Waals surface area contributed by atoms with Gasteiger partial charge in [0.15, 0.2) is 0 Å². The van der Waals surface area contributed by atoms with Crippen LogP contribution in [-0.2, 0) is 4.74 Å². The van der Waals surface area contributed by atoms with Crippen molar-refractivity contribution in [1.82, 2.24) is 10.3 Å². The normalized spacial score (nSPS) is 17.9. The number of hydrogen-bond acceptors (Lipinski definition) is 4. The first-order valence-corrected chi connectivity index (χ1v) is 7.38. The summed E-state index contributed by atoms with van der Waals surface area (Å²) in [5, 5.41) is 6.17. The first-order valence-electron chi connectivity index (χ1n) is 7.38. The molecule has 1 aliphatic heterocycles. The number of unbranched alkanes of at least 4 members (excludes halogenated alkanes) is 1. The lowest BCUT2D eigenvalue weighted by molar-refractivity contribution is 0.0857. The molecule has 0 aliphatic carbocycles. The fourth-order valence-corrected chi connectivity index (χ4v) is 2.18. The molecule has 0 aromatic carbocycles. The van der Waals surface area contributed by atoms with Gasteiger partial charge in [0.2, 0.25) is 0 Å². The van der Waals surface area contributed by atoms with Crippen LogP contribution in [0.3, 0.4) is 0 Å². The number of pyridine rings is 1. The number of carbonyl (C=O) groups excluding carboxylic acids is 1. The molecule has 1 saturated heterocycles. The molecule has 2 rings (SSSR count). The fraction of sp³-hybridized carbons (Fsp3) is 0.600. The summed E-state index contributed by atoms with van der Waals surface area (Å²) in [6, 6.07) is 1.84. The summed E-state index contributed by atoms with van der Waals surface area (Å²) in [5.74, 6) is -0.0906. The third kappa shape index (κ3) is 4.49. The molecule has 0 spiro atoms. The second-order valence-electron chi connectivity index (χ2n) is 5.09. The van der Waals surface area contributed by atoms with E-state index in [0.29, 0.717) is 12.1 Å². The minimum absolute atomic E-state index is 0.0906. The van der Waals surface area contributed by atoms with Gasteiger partial charge in [-0.25, -0.2) is 0 Å². The van der Waals surface area contributed by atoms with Crippen LogP contribution in [0.1, 0.15) is 43.0 Å². The number of nitrogens with zero attached hydrogens (tertiary/aromatic N) is 1. The van der Waals surface area contributed by atoms with E-state index in [1.165, 1.54) is 0 Å². The van der Waals surface area contributed by atoms with Crippen molar-refractivity contribution in [3.05, 3.63) is 24.0 Å². The lowest BCUT2D eigenvalue weighted by Gasteiger charge is -2.11. The third-order valence-corrected chi connectivity index (χ3v) is 3.37. The van der Waals surface area contributed by atoms with Gasteiger partial charge in [-0.3, -0.25) is 9.78 Å². The van der Waals surface area contributed by atoms with E-state index < -0.39 is 0 Å². The van der Waals surface area contributed by atoms with Crippen LogP contribution in [0, 0.1) is 0 Å². The van der Waals surface area contributed by atoms with E-state index in [-0.39, 0.29) is 12.0 Å². The Bertz CT molecular complexity index is 431. The van der Waals surface area contributed by atoms with E-state index in [9.17, 15) is 4.79 Å². The number of aromatic nitrogens is 1. The highest BCUT2D eigenvalue weighted by atomic mass is 16.5. The molecule has 1 atom stereocenters. The molecule has 2 heterocycles. The molecule has 0 radical (unpaired) electrons. The molecule has 5 nitrogen and oxygen atoms in total. The predicted octanol–water partition coefficient (Wildman–Crippen LogP) is 2.20. The van der Waals surface area contributed by atoms with E-state index in [0.717, 1.165) is 44.5 Å². The average molecular weight is 277 g/mol. The van der Waals surface area contributed by atoms with Gasteiger partial charge in [-0.1, -0.05) is 13.3 Å². The van der Waals surface area contributed by atoms with Crippen molar-refractivity contribution in [3.63, 3.8) is 0 Å². The van der Waals surface area contributed by atoms with Gasteiger partial charge in [0.05, 0.1) is 17.4 Å². The summed E-state index contributed by atoms with van der Waals surface area (Å²) < 4.78 is 5.49. The number of ether oxygens (including phenoxy) is 1. The van der Waals surface area contributed by atoms with Crippen LogP contribution in [0.25, 0.3) is 0 Å². The minimum atomic E-state index is -0.0906. The van der Waals surface area contributed by atoms with Crippen LogP contribution < -0.4 is 10.6 Å². The van der Waals surface area contributed by atoms with Crippen LogP contribution in [0.5, 0.6) is 0 Å². The Labute approximate surface area is 120 Å². The Balaban J connectivity index is 1.83. The molecular formula is C15H23N3O2. The second kappa shape index (κ2) is 7.85. The van der Waals surface area contributed by atoms with Crippen LogP contribution in [0.2, 0.25) is 0 Å². The molecule has 1 amide bonds. The Morgan fingerprint density at radius 3 is 3.15 bits per heavy atom. The quantitative estimate of drug-likeness (QED) is 0.750. The maximum atomic E-state index is 12.0. The maximum Gasteiger partial charge on any atom is 0.253 e. The number of rotatable bonds is 7. The summed E-state index contributed by atoms with van der Waals surface area (Å²) in [5.41, 5.74) is 1.48. The summed E-state index contributed by atoms with van der Waals surface area (Å²) in [6.45, 7) is 4.43. The number of carbonyl (C=O) groups is 1. The van der Waals surface area contributed by atoms with Crippen molar-refractivity contribution in [2.75, 3.05) is 25.0 Å². The molecule has 1 unspecified atom stereocenters. The van der Waals surface area contributed by atoms with Gasteiger partial charge in [0.1, 0.15) is 0 Å². The van der Waals surface area contributed by atoms with Crippen molar-refractivity contribution >= 4 is 11.6 Å². The fourth-order valence-electron chi connectivity index (χ4n) is 2.18. The van der Waals surface area contributed by atoms with Crippen molar-refractivity contribution in [3.8, 4) is 0 Å². The van der Waals surface area contributed by atoms with E-state index in [2.05, 4.69) is 22.5 Å². The van der Waals surface area contributed by atoms with Crippen molar-refractivity contribution in [2.45, 2.75) is 38.7 Å². The largest absolute Gasteiger partial charge is 0.384 e. The van der Waals surface area contributed by atoms with Gasteiger partial charge in [-0.15, -0.1) is 0 Å². The highest BCUT2D eigenvalue weighted by Crippen LogP contribution is 2.12. The molecule has 1 aromatic heterocycles. The average Bonchev–Trinajstić information content (AvgIpc) is 2.99. The van der Waals surface area contributed by atoms with Gasteiger partial charge < -0.3 is 15.4 Å². The lowest BCUT2D eigenvalue weighted by atomic mass is 10.2. The van der Waals surface area contributed by atoms with Crippen LogP contribution >= 0.6 is 0 Å². The summed E-state index contributed by atoms with van der Waals surface area (Å²) >= 11 is 0. The van der Waals surface area contributed by atoms with Gasteiger partial charge in [0.25, 0.3) is 5.91 Å². The molecule has 0 bridgehead atoms. The highest BCUT2D eigenvalue weighted by molar-refractivity contribution is 5.94. The van der Waals surface area contributed by atoms with E-state index in [1.54, 1.807) is 12.4 Å². The summed E-state index contributed by atoms with van der Waals surface area (Å²) in [6.07, 6.45) is 7.85. The lowest BCUT2D eigenvalue weighted by Crippen LogP contribution is -2.31. The zero-order chi connectivity index (χ0) is 14.2. The Hall–Kier alpha value is -1.62. The van der Waals surface area contributed by atoms with Gasteiger partial charge in [-0.2, -0.15) is 0 Å². The van der Waals surface area contributed by atoms with E-state index in [4.69, 9.17) is 4.74 Å². The topological polar surface area (TPSA) is 63.2 Å². The smallest absolute Gasteiger partial charge is 0.253 e. The monoisotopic (exact) mass is 277 g/mol. The van der Waals surface area contributed by atoms with Crippen molar-refractivity contribution < 1.29 is 9.53 Å². The molecule has 1 fully saturated rings.